The van der Waals surface area contributed by atoms with Crippen molar-refractivity contribution < 1.29 is 0 Å². The molecular weight excluding hydrogens is 196 g/mol. The molecule has 2 nitrogen and oxygen atoms in total. The molecule has 0 aromatic heterocycles. The topological polar surface area (TPSA) is 15.3 Å². The zero-order valence-corrected chi connectivity index (χ0v) is 10.9. The normalized spacial score (nSPS) is 27.2. The Hall–Kier alpha value is -0.0800. The Bertz CT molecular complexity index is 189. The van der Waals surface area contributed by atoms with Crippen LogP contribution in [0.25, 0.3) is 0 Å². The average Bonchev–Trinajstić information content (AvgIpc) is 3.11. The van der Waals surface area contributed by atoms with E-state index in [0.717, 1.165) is 11.8 Å². The Balaban J connectivity index is 1.58. The van der Waals surface area contributed by atoms with E-state index >= 15 is 0 Å². The number of nitrogens with one attached hydrogen (secondary N) is 1. The lowest BCUT2D eigenvalue weighted by Gasteiger charge is -2.32. The summed E-state index contributed by atoms with van der Waals surface area (Å²) in [6.45, 7) is 8.76. The number of rotatable bonds is 7. The first kappa shape index (κ1) is 12.4. The van der Waals surface area contributed by atoms with Gasteiger partial charge in [0.05, 0.1) is 0 Å². The molecule has 1 saturated heterocycles. The number of likely N-dealkylation sites (tertiary alicyclic amines) is 1. The summed E-state index contributed by atoms with van der Waals surface area (Å²) in [4.78, 5) is 2.71. The van der Waals surface area contributed by atoms with Crippen molar-refractivity contribution in [2.75, 3.05) is 32.7 Å². The fourth-order valence-corrected chi connectivity index (χ4v) is 2.78. The molecule has 94 valence electrons. The van der Waals surface area contributed by atoms with Crippen LogP contribution in [0.15, 0.2) is 0 Å². The summed E-state index contributed by atoms with van der Waals surface area (Å²) in [5, 5.41) is 3.58. The lowest BCUT2D eigenvalue weighted by atomic mass is 9.97. The van der Waals surface area contributed by atoms with Gasteiger partial charge < -0.3 is 10.2 Å². The highest BCUT2D eigenvalue weighted by molar-refractivity contribution is 4.78. The lowest BCUT2D eigenvalue weighted by molar-refractivity contribution is 0.168. The summed E-state index contributed by atoms with van der Waals surface area (Å²) < 4.78 is 0. The number of hydrogen-bond donors (Lipinski definition) is 1. The fourth-order valence-electron chi connectivity index (χ4n) is 2.78. The molecule has 1 aliphatic carbocycles. The van der Waals surface area contributed by atoms with Crippen LogP contribution in [0.2, 0.25) is 0 Å². The predicted octanol–water partition coefficient (Wildman–Crippen LogP) is 2.50. The second kappa shape index (κ2) is 6.61. The Morgan fingerprint density at radius 2 is 2.06 bits per heavy atom. The maximum atomic E-state index is 3.58. The van der Waals surface area contributed by atoms with Crippen molar-refractivity contribution in [2.24, 2.45) is 11.8 Å². The van der Waals surface area contributed by atoms with Crippen LogP contribution >= 0.6 is 0 Å². The van der Waals surface area contributed by atoms with Crippen LogP contribution in [0.5, 0.6) is 0 Å². The monoisotopic (exact) mass is 224 g/mol. The molecule has 1 aliphatic heterocycles. The van der Waals surface area contributed by atoms with Gasteiger partial charge in [0.25, 0.3) is 0 Å². The molecule has 2 heteroatoms. The fraction of sp³-hybridized carbons (Fsp3) is 1.00. The van der Waals surface area contributed by atoms with Gasteiger partial charge in [-0.1, -0.05) is 19.8 Å². The molecule has 1 unspecified atom stereocenters. The predicted molar refractivity (Wildman–Crippen MR) is 69.7 cm³/mol. The highest BCUT2D eigenvalue weighted by Gasteiger charge is 2.24. The van der Waals surface area contributed by atoms with Crippen LogP contribution in [0.4, 0.5) is 0 Å². The molecule has 0 bridgehead atoms. The molecule has 2 fully saturated rings. The second-order valence-corrected chi connectivity index (χ2v) is 5.75. The molecule has 2 rings (SSSR count). The van der Waals surface area contributed by atoms with Crippen LogP contribution < -0.4 is 5.32 Å². The molecule has 1 atom stereocenters. The minimum atomic E-state index is 0.916. The maximum absolute atomic E-state index is 3.58. The molecule has 0 spiro atoms. The number of piperidine rings is 1. The van der Waals surface area contributed by atoms with Crippen LogP contribution in [0, 0.1) is 11.8 Å². The summed E-state index contributed by atoms with van der Waals surface area (Å²) in [5.74, 6) is 2.01. The first-order valence-corrected chi connectivity index (χ1v) is 7.31. The highest BCUT2D eigenvalue weighted by Crippen LogP contribution is 2.32. The third kappa shape index (κ3) is 4.42. The molecule has 1 heterocycles. The van der Waals surface area contributed by atoms with Gasteiger partial charge >= 0.3 is 0 Å². The minimum absolute atomic E-state index is 0.916. The van der Waals surface area contributed by atoms with Crippen molar-refractivity contribution >= 4 is 0 Å². The Labute approximate surface area is 101 Å². The minimum Gasteiger partial charge on any atom is -0.316 e. The highest BCUT2D eigenvalue weighted by atomic mass is 15.1. The van der Waals surface area contributed by atoms with E-state index in [0.29, 0.717) is 0 Å². The quantitative estimate of drug-likeness (QED) is 0.668. The summed E-state index contributed by atoms with van der Waals surface area (Å²) in [7, 11) is 0. The second-order valence-electron chi connectivity index (χ2n) is 5.75. The van der Waals surface area contributed by atoms with Crippen LogP contribution in [0.3, 0.4) is 0 Å². The lowest BCUT2D eigenvalue weighted by Crippen LogP contribution is -2.40. The van der Waals surface area contributed by atoms with E-state index in [1.165, 1.54) is 71.2 Å². The molecule has 1 N–H and O–H groups in total. The summed E-state index contributed by atoms with van der Waals surface area (Å²) >= 11 is 0. The average molecular weight is 224 g/mol. The third-order valence-corrected chi connectivity index (χ3v) is 4.01. The molecular formula is C14H28N2. The molecule has 2 aliphatic rings. The zero-order valence-electron chi connectivity index (χ0n) is 10.9. The maximum Gasteiger partial charge on any atom is 0.00218 e. The van der Waals surface area contributed by atoms with E-state index in [1.54, 1.807) is 0 Å². The van der Waals surface area contributed by atoms with Crippen LogP contribution in [-0.4, -0.2) is 37.6 Å². The van der Waals surface area contributed by atoms with Gasteiger partial charge in [-0.15, -0.1) is 0 Å². The smallest absolute Gasteiger partial charge is 0.00218 e. The molecule has 1 saturated carbocycles. The van der Waals surface area contributed by atoms with Crippen molar-refractivity contribution in [3.8, 4) is 0 Å². The van der Waals surface area contributed by atoms with Gasteiger partial charge in [-0.3, -0.25) is 0 Å². The number of hydrogen-bond acceptors (Lipinski definition) is 2. The number of nitrogens with zero attached hydrogens (tertiary/aromatic N) is 1. The van der Waals surface area contributed by atoms with Gasteiger partial charge in [0, 0.05) is 6.54 Å². The largest absolute Gasteiger partial charge is 0.316 e. The van der Waals surface area contributed by atoms with Crippen LogP contribution in [-0.2, 0) is 0 Å². The summed E-state index contributed by atoms with van der Waals surface area (Å²) in [6.07, 6.45) is 8.61. The van der Waals surface area contributed by atoms with Gasteiger partial charge in [0.1, 0.15) is 0 Å². The van der Waals surface area contributed by atoms with E-state index in [-0.39, 0.29) is 0 Å². The Kier molecular flexibility index (Phi) is 5.11. The Morgan fingerprint density at radius 1 is 1.19 bits per heavy atom. The van der Waals surface area contributed by atoms with Gasteiger partial charge in [-0.25, -0.2) is 0 Å². The van der Waals surface area contributed by atoms with Crippen molar-refractivity contribution in [1.82, 2.24) is 10.2 Å². The standard InChI is InChI=1S/C14H28N2/c1-2-8-15-11-14-4-3-9-16(12-14)10-7-13-5-6-13/h13-15H,2-12H2,1H3. The van der Waals surface area contributed by atoms with E-state index in [1.807, 2.05) is 0 Å². The zero-order chi connectivity index (χ0) is 11.2. The van der Waals surface area contributed by atoms with E-state index in [2.05, 4.69) is 17.1 Å². The van der Waals surface area contributed by atoms with E-state index in [4.69, 9.17) is 0 Å². The van der Waals surface area contributed by atoms with Crippen molar-refractivity contribution in [3.05, 3.63) is 0 Å². The molecule has 0 aromatic rings. The van der Waals surface area contributed by atoms with Gasteiger partial charge in [-0.2, -0.15) is 0 Å². The molecule has 16 heavy (non-hydrogen) atoms. The SMILES string of the molecule is CCCNCC1CCCN(CCC2CC2)C1. The summed E-state index contributed by atoms with van der Waals surface area (Å²) in [5.41, 5.74) is 0. The molecule has 0 amide bonds. The van der Waals surface area contributed by atoms with E-state index < -0.39 is 0 Å². The van der Waals surface area contributed by atoms with E-state index in [9.17, 15) is 0 Å². The Morgan fingerprint density at radius 3 is 2.81 bits per heavy atom. The third-order valence-electron chi connectivity index (χ3n) is 4.01. The van der Waals surface area contributed by atoms with Gasteiger partial charge in [0.2, 0.25) is 0 Å². The van der Waals surface area contributed by atoms with Crippen molar-refractivity contribution in [2.45, 2.75) is 45.4 Å². The van der Waals surface area contributed by atoms with Crippen molar-refractivity contribution in [3.63, 3.8) is 0 Å². The summed E-state index contributed by atoms with van der Waals surface area (Å²) in [6, 6.07) is 0. The first-order chi connectivity index (χ1) is 7.88. The first-order valence-electron chi connectivity index (χ1n) is 7.31. The van der Waals surface area contributed by atoms with Crippen LogP contribution in [0.1, 0.15) is 45.4 Å². The molecule has 0 aromatic carbocycles. The van der Waals surface area contributed by atoms with Gasteiger partial charge in [-0.05, 0) is 63.7 Å². The molecule has 0 radical (unpaired) electrons. The van der Waals surface area contributed by atoms with Crippen molar-refractivity contribution in [1.29, 1.82) is 0 Å². The van der Waals surface area contributed by atoms with Gasteiger partial charge in [0.15, 0.2) is 0 Å².